The Morgan fingerprint density at radius 2 is 1.83 bits per heavy atom. The van der Waals surface area contributed by atoms with E-state index >= 15 is 0 Å². The SMILES string of the molecule is O=C(Nc1cc2c(c3c1C(c1cc(F)ccc1Cl)NC3=O)CCN2)c1cc(F)cc(C(F)(F)F)c1. The largest absolute Gasteiger partial charge is 0.416 e. The van der Waals surface area contributed by atoms with Crippen LogP contribution < -0.4 is 16.0 Å². The zero-order chi connectivity index (χ0) is 25.1. The molecule has 3 aromatic rings. The lowest BCUT2D eigenvalue weighted by atomic mass is 9.92. The molecular weight excluding hydrogens is 493 g/mol. The standard InChI is InChI=1S/C24H15ClF5N3O2/c25-16-2-1-12(26)8-15(16)21-20-18(9-17-14(3-4-31-17)19(20)23(35)33-21)32-22(34)10-5-11(24(28,29)30)7-13(27)6-10/h1-2,5-9,21,31H,3-4H2,(H,32,34)(H,33,35). The van der Waals surface area contributed by atoms with Crippen LogP contribution in [-0.4, -0.2) is 18.4 Å². The van der Waals surface area contributed by atoms with E-state index in [0.29, 0.717) is 48.0 Å². The molecule has 0 radical (unpaired) electrons. The van der Waals surface area contributed by atoms with Gasteiger partial charge < -0.3 is 16.0 Å². The topological polar surface area (TPSA) is 70.2 Å². The van der Waals surface area contributed by atoms with Crippen LogP contribution in [0, 0.1) is 11.6 Å². The number of hydrogen-bond donors (Lipinski definition) is 3. The van der Waals surface area contributed by atoms with Crippen LogP contribution in [0.2, 0.25) is 5.02 Å². The number of nitrogens with one attached hydrogen (secondary N) is 3. The maximum atomic E-state index is 14.0. The van der Waals surface area contributed by atoms with E-state index in [1.807, 2.05) is 0 Å². The monoisotopic (exact) mass is 507 g/mol. The lowest BCUT2D eigenvalue weighted by Gasteiger charge is -2.19. The van der Waals surface area contributed by atoms with Gasteiger partial charge in [-0.05, 0) is 54.4 Å². The van der Waals surface area contributed by atoms with Crippen molar-refractivity contribution >= 4 is 34.8 Å². The molecule has 0 aromatic heterocycles. The van der Waals surface area contributed by atoms with Crippen LogP contribution in [0.5, 0.6) is 0 Å². The fourth-order valence-corrected chi connectivity index (χ4v) is 4.69. The van der Waals surface area contributed by atoms with Crippen molar-refractivity contribution in [2.45, 2.75) is 18.6 Å². The fourth-order valence-electron chi connectivity index (χ4n) is 4.47. The van der Waals surface area contributed by atoms with E-state index in [0.717, 1.165) is 12.1 Å². The molecule has 11 heteroatoms. The van der Waals surface area contributed by atoms with E-state index in [-0.39, 0.29) is 21.8 Å². The zero-order valence-corrected chi connectivity index (χ0v) is 18.4. The van der Waals surface area contributed by atoms with E-state index in [9.17, 15) is 31.5 Å². The zero-order valence-electron chi connectivity index (χ0n) is 17.6. The van der Waals surface area contributed by atoms with Crippen LogP contribution in [0.4, 0.5) is 33.3 Å². The van der Waals surface area contributed by atoms with Crippen molar-refractivity contribution in [3.8, 4) is 0 Å². The molecule has 1 unspecified atom stereocenters. The second kappa shape index (κ2) is 8.23. The first-order valence-corrected chi connectivity index (χ1v) is 10.8. The molecule has 3 N–H and O–H groups in total. The first kappa shape index (κ1) is 23.1. The summed E-state index contributed by atoms with van der Waals surface area (Å²) < 4.78 is 67.3. The average molecular weight is 508 g/mol. The first-order chi connectivity index (χ1) is 16.5. The van der Waals surface area contributed by atoms with Crippen LogP contribution >= 0.6 is 11.6 Å². The molecule has 2 amide bonds. The Labute approximate surface area is 200 Å². The second-order valence-electron chi connectivity index (χ2n) is 8.17. The van der Waals surface area contributed by atoms with Gasteiger partial charge in [-0.1, -0.05) is 11.6 Å². The maximum absolute atomic E-state index is 14.0. The number of benzene rings is 3. The Bertz CT molecular complexity index is 1410. The minimum absolute atomic E-state index is 0.0969. The van der Waals surface area contributed by atoms with Gasteiger partial charge >= 0.3 is 6.18 Å². The highest BCUT2D eigenvalue weighted by molar-refractivity contribution is 6.31. The lowest BCUT2D eigenvalue weighted by molar-refractivity contribution is -0.137. The predicted octanol–water partition coefficient (Wildman–Crippen LogP) is 5.69. The number of carbonyl (C=O) groups is 2. The van der Waals surface area contributed by atoms with Gasteiger partial charge in [0.2, 0.25) is 0 Å². The average Bonchev–Trinajstić information content (AvgIpc) is 3.38. The van der Waals surface area contributed by atoms with Crippen molar-refractivity contribution in [3.05, 3.63) is 92.5 Å². The highest BCUT2D eigenvalue weighted by atomic mass is 35.5. The van der Waals surface area contributed by atoms with Crippen molar-refractivity contribution in [1.29, 1.82) is 0 Å². The molecule has 2 aliphatic heterocycles. The molecule has 2 aliphatic rings. The molecule has 5 rings (SSSR count). The third-order valence-corrected chi connectivity index (χ3v) is 6.31. The van der Waals surface area contributed by atoms with Crippen molar-refractivity contribution in [2.24, 2.45) is 0 Å². The van der Waals surface area contributed by atoms with Crippen LogP contribution in [0.1, 0.15) is 49.0 Å². The summed E-state index contributed by atoms with van der Waals surface area (Å²) in [6.07, 6.45) is -4.34. The molecule has 3 aromatic carbocycles. The van der Waals surface area contributed by atoms with Crippen LogP contribution in [-0.2, 0) is 12.6 Å². The van der Waals surface area contributed by atoms with Gasteiger partial charge in [0, 0.05) is 39.6 Å². The van der Waals surface area contributed by atoms with Crippen molar-refractivity contribution < 1.29 is 31.5 Å². The summed E-state index contributed by atoms with van der Waals surface area (Å²) in [5, 5.41) is 8.51. The normalized spacial score (nSPS) is 16.4. The van der Waals surface area contributed by atoms with Crippen LogP contribution in [0.25, 0.3) is 0 Å². The van der Waals surface area contributed by atoms with E-state index in [1.165, 1.54) is 6.07 Å². The Morgan fingerprint density at radius 1 is 1.06 bits per heavy atom. The van der Waals surface area contributed by atoms with E-state index in [2.05, 4.69) is 16.0 Å². The summed E-state index contributed by atoms with van der Waals surface area (Å²) in [6.45, 7) is 0.524. The minimum atomic E-state index is -4.86. The minimum Gasteiger partial charge on any atom is -0.384 e. The summed E-state index contributed by atoms with van der Waals surface area (Å²) in [5.74, 6) is -3.31. The molecule has 5 nitrogen and oxygen atoms in total. The number of carbonyl (C=O) groups excluding carboxylic acids is 2. The molecule has 0 saturated heterocycles. The highest BCUT2D eigenvalue weighted by Gasteiger charge is 2.38. The van der Waals surface area contributed by atoms with Gasteiger partial charge in [-0.25, -0.2) is 8.78 Å². The quantitative estimate of drug-likeness (QED) is 0.399. The fraction of sp³-hybridized carbons (Fsp3) is 0.167. The third kappa shape index (κ3) is 4.07. The van der Waals surface area contributed by atoms with Gasteiger partial charge in [0.1, 0.15) is 11.6 Å². The number of hydrogen-bond acceptors (Lipinski definition) is 3. The number of rotatable bonds is 3. The number of alkyl halides is 3. The van der Waals surface area contributed by atoms with Gasteiger partial charge in [-0.3, -0.25) is 9.59 Å². The van der Waals surface area contributed by atoms with Crippen molar-refractivity contribution in [2.75, 3.05) is 17.2 Å². The summed E-state index contributed by atoms with van der Waals surface area (Å²) in [5.41, 5.74) is 0.284. The van der Waals surface area contributed by atoms with Crippen LogP contribution in [0.3, 0.4) is 0 Å². The maximum Gasteiger partial charge on any atom is 0.416 e. The summed E-state index contributed by atoms with van der Waals surface area (Å²) in [4.78, 5) is 25.9. The molecule has 1 atom stereocenters. The number of fused-ring (bicyclic) bond motifs is 3. The molecule has 0 aliphatic carbocycles. The van der Waals surface area contributed by atoms with E-state index < -0.39 is 46.8 Å². The van der Waals surface area contributed by atoms with Crippen molar-refractivity contribution in [1.82, 2.24) is 5.32 Å². The van der Waals surface area contributed by atoms with E-state index in [1.54, 1.807) is 6.07 Å². The van der Waals surface area contributed by atoms with Crippen LogP contribution in [0.15, 0.2) is 42.5 Å². The van der Waals surface area contributed by atoms with Crippen molar-refractivity contribution in [3.63, 3.8) is 0 Å². The molecular formula is C24H15ClF5N3O2. The third-order valence-electron chi connectivity index (χ3n) is 5.96. The summed E-state index contributed by atoms with van der Waals surface area (Å²) in [7, 11) is 0. The summed E-state index contributed by atoms with van der Waals surface area (Å²) >= 11 is 6.27. The molecule has 0 fully saturated rings. The number of halogens is 6. The molecule has 0 saturated carbocycles. The second-order valence-corrected chi connectivity index (χ2v) is 8.58. The molecule has 0 bridgehead atoms. The Hall–Kier alpha value is -3.66. The molecule has 180 valence electrons. The molecule has 0 spiro atoms. The Morgan fingerprint density at radius 3 is 2.57 bits per heavy atom. The highest BCUT2D eigenvalue weighted by Crippen LogP contribution is 2.44. The Kier molecular flexibility index (Phi) is 5.43. The van der Waals surface area contributed by atoms with E-state index in [4.69, 9.17) is 11.6 Å². The van der Waals surface area contributed by atoms with Gasteiger partial charge in [0.25, 0.3) is 11.8 Å². The molecule has 2 heterocycles. The number of anilines is 2. The van der Waals surface area contributed by atoms with Gasteiger partial charge in [-0.2, -0.15) is 13.2 Å². The van der Waals surface area contributed by atoms with Gasteiger partial charge in [0.15, 0.2) is 0 Å². The summed E-state index contributed by atoms with van der Waals surface area (Å²) in [6, 6.07) is 5.76. The molecule has 35 heavy (non-hydrogen) atoms. The van der Waals surface area contributed by atoms with Gasteiger partial charge in [-0.15, -0.1) is 0 Å². The number of amides is 2. The predicted molar refractivity (Wildman–Crippen MR) is 119 cm³/mol. The lowest BCUT2D eigenvalue weighted by Crippen LogP contribution is -2.21. The first-order valence-electron chi connectivity index (χ1n) is 10.4. The smallest absolute Gasteiger partial charge is 0.384 e. The van der Waals surface area contributed by atoms with Gasteiger partial charge in [0.05, 0.1) is 17.2 Å². The Balaban J connectivity index is 1.62.